The Bertz CT molecular complexity index is 336. The zero-order valence-corrected chi connectivity index (χ0v) is 12.0. The SMILES string of the molecule is OC(CC1CC2CCC1C2)C1CCOC2(CCC2)C1. The van der Waals surface area contributed by atoms with E-state index >= 15 is 0 Å². The molecule has 0 aromatic rings. The van der Waals surface area contributed by atoms with E-state index in [1.165, 1.54) is 44.9 Å². The standard InChI is InChI=1S/C17H28O2/c18-16(10-15-9-12-2-3-13(15)8-12)14-4-7-19-17(11-14)5-1-6-17/h12-16,18H,1-11H2. The van der Waals surface area contributed by atoms with E-state index in [0.717, 1.165) is 43.6 Å². The van der Waals surface area contributed by atoms with Crippen molar-refractivity contribution in [2.24, 2.45) is 23.7 Å². The van der Waals surface area contributed by atoms with E-state index < -0.39 is 0 Å². The zero-order chi connectivity index (χ0) is 12.9. The van der Waals surface area contributed by atoms with Crippen LogP contribution in [0, 0.1) is 23.7 Å². The molecule has 0 aromatic carbocycles. The van der Waals surface area contributed by atoms with Gasteiger partial charge in [0.05, 0.1) is 11.7 Å². The van der Waals surface area contributed by atoms with Crippen molar-refractivity contribution in [1.29, 1.82) is 0 Å². The zero-order valence-electron chi connectivity index (χ0n) is 12.0. The van der Waals surface area contributed by atoms with Crippen LogP contribution in [0.3, 0.4) is 0 Å². The van der Waals surface area contributed by atoms with Crippen molar-refractivity contribution in [2.75, 3.05) is 6.61 Å². The highest BCUT2D eigenvalue weighted by atomic mass is 16.5. The average Bonchev–Trinajstić information content (AvgIpc) is 2.99. The molecule has 4 aliphatic rings. The Morgan fingerprint density at radius 1 is 1.16 bits per heavy atom. The molecule has 0 radical (unpaired) electrons. The Morgan fingerprint density at radius 2 is 2.05 bits per heavy atom. The van der Waals surface area contributed by atoms with E-state index in [1.807, 2.05) is 0 Å². The summed E-state index contributed by atoms with van der Waals surface area (Å²) in [6, 6.07) is 0. The minimum atomic E-state index is -0.0503. The van der Waals surface area contributed by atoms with Gasteiger partial charge in [-0.3, -0.25) is 0 Å². The van der Waals surface area contributed by atoms with Gasteiger partial charge in [-0.05, 0) is 81.5 Å². The van der Waals surface area contributed by atoms with E-state index in [9.17, 15) is 5.11 Å². The molecule has 108 valence electrons. The lowest BCUT2D eigenvalue weighted by Crippen LogP contribution is -2.48. The van der Waals surface area contributed by atoms with Crippen molar-refractivity contribution >= 4 is 0 Å². The maximum Gasteiger partial charge on any atom is 0.0686 e. The van der Waals surface area contributed by atoms with Gasteiger partial charge in [0.1, 0.15) is 0 Å². The number of ether oxygens (including phenoxy) is 1. The highest BCUT2D eigenvalue weighted by molar-refractivity contribution is 4.97. The maximum absolute atomic E-state index is 10.7. The van der Waals surface area contributed by atoms with Crippen molar-refractivity contribution in [3.8, 4) is 0 Å². The number of hydrogen-bond acceptors (Lipinski definition) is 2. The summed E-state index contributed by atoms with van der Waals surface area (Å²) in [6.45, 7) is 0.887. The second-order valence-electron chi connectivity index (χ2n) is 7.88. The van der Waals surface area contributed by atoms with Crippen molar-refractivity contribution in [3.05, 3.63) is 0 Å². The van der Waals surface area contributed by atoms with Crippen molar-refractivity contribution < 1.29 is 9.84 Å². The normalized spacial score (nSPS) is 45.3. The fourth-order valence-electron chi connectivity index (χ4n) is 5.48. The van der Waals surface area contributed by atoms with Crippen LogP contribution in [0.2, 0.25) is 0 Å². The third kappa shape index (κ3) is 2.25. The quantitative estimate of drug-likeness (QED) is 0.845. The lowest BCUT2D eigenvalue weighted by molar-refractivity contribution is -0.158. The Kier molecular flexibility index (Phi) is 3.15. The van der Waals surface area contributed by atoms with Gasteiger partial charge in [-0.1, -0.05) is 6.42 Å². The number of hydrogen-bond donors (Lipinski definition) is 1. The summed E-state index contributed by atoms with van der Waals surface area (Å²) in [5.74, 6) is 3.33. The van der Waals surface area contributed by atoms with Crippen LogP contribution in [0.5, 0.6) is 0 Å². The van der Waals surface area contributed by atoms with Crippen LogP contribution in [-0.4, -0.2) is 23.4 Å². The molecule has 2 heteroatoms. The third-order valence-electron chi connectivity index (χ3n) is 6.77. The summed E-state index contributed by atoms with van der Waals surface area (Å²) in [5.41, 5.74) is 0.193. The van der Waals surface area contributed by atoms with Gasteiger partial charge in [-0.15, -0.1) is 0 Å². The van der Waals surface area contributed by atoms with Crippen molar-refractivity contribution in [1.82, 2.24) is 0 Å². The first kappa shape index (κ1) is 12.6. The van der Waals surface area contributed by atoms with Gasteiger partial charge in [0.2, 0.25) is 0 Å². The minimum Gasteiger partial charge on any atom is -0.393 e. The summed E-state index contributed by atoms with van der Waals surface area (Å²) in [4.78, 5) is 0. The van der Waals surface area contributed by atoms with Gasteiger partial charge in [0.25, 0.3) is 0 Å². The minimum absolute atomic E-state index is 0.0503. The van der Waals surface area contributed by atoms with Crippen LogP contribution in [0.4, 0.5) is 0 Å². The van der Waals surface area contributed by atoms with Gasteiger partial charge in [0, 0.05) is 6.61 Å². The molecule has 3 aliphatic carbocycles. The fraction of sp³-hybridized carbons (Fsp3) is 1.00. The highest BCUT2D eigenvalue weighted by Crippen LogP contribution is 2.51. The second-order valence-corrected chi connectivity index (χ2v) is 7.88. The number of fused-ring (bicyclic) bond motifs is 2. The molecule has 4 fully saturated rings. The van der Waals surface area contributed by atoms with Crippen molar-refractivity contribution in [2.45, 2.75) is 75.9 Å². The first-order valence-electron chi connectivity index (χ1n) is 8.56. The van der Waals surface area contributed by atoms with Crippen LogP contribution >= 0.6 is 0 Å². The van der Waals surface area contributed by atoms with Gasteiger partial charge < -0.3 is 9.84 Å². The van der Waals surface area contributed by atoms with E-state index in [-0.39, 0.29) is 11.7 Å². The fourth-order valence-corrected chi connectivity index (χ4v) is 5.48. The van der Waals surface area contributed by atoms with Gasteiger partial charge in [-0.25, -0.2) is 0 Å². The molecule has 5 unspecified atom stereocenters. The largest absolute Gasteiger partial charge is 0.393 e. The molecule has 19 heavy (non-hydrogen) atoms. The van der Waals surface area contributed by atoms with Gasteiger partial charge in [-0.2, -0.15) is 0 Å². The lowest BCUT2D eigenvalue weighted by atomic mass is 9.69. The molecule has 1 aliphatic heterocycles. The van der Waals surface area contributed by atoms with Crippen LogP contribution in [0.15, 0.2) is 0 Å². The lowest BCUT2D eigenvalue weighted by Gasteiger charge is -2.48. The number of aliphatic hydroxyl groups excluding tert-OH is 1. The topological polar surface area (TPSA) is 29.5 Å². The van der Waals surface area contributed by atoms with E-state index in [4.69, 9.17) is 4.74 Å². The Morgan fingerprint density at radius 3 is 2.68 bits per heavy atom. The van der Waals surface area contributed by atoms with E-state index in [0.29, 0.717) is 5.92 Å². The molecular formula is C17H28O2. The molecule has 0 aromatic heterocycles. The van der Waals surface area contributed by atoms with Crippen LogP contribution < -0.4 is 0 Å². The van der Waals surface area contributed by atoms with Crippen LogP contribution in [0.1, 0.15) is 64.2 Å². The predicted octanol–water partition coefficient (Wildman–Crippen LogP) is 3.52. The predicted molar refractivity (Wildman–Crippen MR) is 74.8 cm³/mol. The summed E-state index contributed by atoms with van der Waals surface area (Å²) >= 11 is 0. The smallest absolute Gasteiger partial charge is 0.0686 e. The molecule has 2 nitrogen and oxygen atoms in total. The molecule has 1 heterocycles. The van der Waals surface area contributed by atoms with Crippen LogP contribution in [-0.2, 0) is 4.74 Å². The summed E-state index contributed by atoms with van der Waals surface area (Å²) in [7, 11) is 0. The molecule has 1 saturated heterocycles. The summed E-state index contributed by atoms with van der Waals surface area (Å²) < 4.78 is 5.99. The van der Waals surface area contributed by atoms with Gasteiger partial charge in [0.15, 0.2) is 0 Å². The van der Waals surface area contributed by atoms with E-state index in [1.54, 1.807) is 0 Å². The second kappa shape index (κ2) is 4.73. The highest BCUT2D eigenvalue weighted by Gasteiger charge is 2.46. The Labute approximate surface area is 116 Å². The first-order valence-corrected chi connectivity index (χ1v) is 8.56. The summed E-state index contributed by atoms with van der Waals surface area (Å²) in [6.07, 6.45) is 12.9. The number of rotatable bonds is 3. The molecule has 1 N–H and O–H groups in total. The molecule has 1 spiro atoms. The monoisotopic (exact) mass is 264 g/mol. The van der Waals surface area contributed by atoms with Gasteiger partial charge >= 0.3 is 0 Å². The molecular weight excluding hydrogens is 236 g/mol. The maximum atomic E-state index is 10.7. The molecule has 3 saturated carbocycles. The summed E-state index contributed by atoms with van der Waals surface area (Å²) in [5, 5.41) is 10.7. The van der Waals surface area contributed by atoms with E-state index in [2.05, 4.69) is 0 Å². The number of aliphatic hydroxyl groups is 1. The van der Waals surface area contributed by atoms with Crippen molar-refractivity contribution in [3.63, 3.8) is 0 Å². The molecule has 5 atom stereocenters. The Balaban J connectivity index is 1.34. The molecule has 2 bridgehead atoms. The first-order chi connectivity index (χ1) is 9.24. The third-order valence-corrected chi connectivity index (χ3v) is 6.77. The van der Waals surface area contributed by atoms with Crippen LogP contribution in [0.25, 0.3) is 0 Å². The average molecular weight is 264 g/mol. The molecule has 4 rings (SSSR count). The molecule has 0 amide bonds. The Hall–Kier alpha value is -0.0800.